The lowest BCUT2D eigenvalue weighted by molar-refractivity contribution is -0.109. The summed E-state index contributed by atoms with van der Waals surface area (Å²) < 4.78 is 0. The molecule has 2 rings (SSSR count). The van der Waals surface area contributed by atoms with Gasteiger partial charge in [-0.05, 0) is 30.7 Å². The highest BCUT2D eigenvalue weighted by molar-refractivity contribution is 5.50. The third kappa shape index (κ3) is 2.46. The lowest BCUT2D eigenvalue weighted by atomic mass is 9.86. The Balaban J connectivity index is 2.02. The molecule has 1 aliphatic rings. The maximum atomic E-state index is 10.3. The van der Waals surface area contributed by atoms with Gasteiger partial charge in [0.1, 0.15) is 0 Å². The number of benzene rings is 1. The van der Waals surface area contributed by atoms with Crippen LogP contribution in [0.25, 0.3) is 0 Å². The van der Waals surface area contributed by atoms with Gasteiger partial charge < -0.3 is 5.32 Å². The van der Waals surface area contributed by atoms with E-state index < -0.39 is 0 Å². The van der Waals surface area contributed by atoms with E-state index >= 15 is 0 Å². The van der Waals surface area contributed by atoms with Crippen molar-refractivity contribution in [3.63, 3.8) is 0 Å². The van der Waals surface area contributed by atoms with Gasteiger partial charge >= 0.3 is 0 Å². The van der Waals surface area contributed by atoms with Gasteiger partial charge in [0, 0.05) is 5.70 Å². The summed E-state index contributed by atoms with van der Waals surface area (Å²) in [5, 5.41) is 2.74. The lowest BCUT2D eigenvalue weighted by Crippen LogP contribution is -2.15. The molecule has 1 N–H and O–H groups in total. The van der Waals surface area contributed by atoms with Crippen LogP contribution in [-0.2, 0) is 4.79 Å². The van der Waals surface area contributed by atoms with Crippen LogP contribution in [0.4, 0.5) is 0 Å². The molecule has 0 bridgehead atoms. The van der Waals surface area contributed by atoms with Crippen molar-refractivity contribution in [2.75, 3.05) is 0 Å². The standard InChI is InChI=1S/C13H15NO/c15-10-14-13-8-6-12(7-9-13)11-4-2-1-3-5-11/h1-5,8,10,12H,6-7,9H2,(H,14,15). The summed E-state index contributed by atoms with van der Waals surface area (Å²) in [5.41, 5.74) is 2.47. The Bertz CT molecular complexity index is 356. The highest BCUT2D eigenvalue weighted by Crippen LogP contribution is 2.30. The summed E-state index contributed by atoms with van der Waals surface area (Å²) >= 11 is 0. The van der Waals surface area contributed by atoms with Crippen molar-refractivity contribution in [1.29, 1.82) is 0 Å². The van der Waals surface area contributed by atoms with Crippen molar-refractivity contribution in [3.05, 3.63) is 47.7 Å². The minimum Gasteiger partial charge on any atom is -0.333 e. The van der Waals surface area contributed by atoms with Crippen LogP contribution in [0.5, 0.6) is 0 Å². The molecule has 1 atom stereocenters. The Morgan fingerprint density at radius 2 is 2.07 bits per heavy atom. The smallest absolute Gasteiger partial charge is 0.211 e. The van der Waals surface area contributed by atoms with Gasteiger partial charge in [-0.2, -0.15) is 0 Å². The molecule has 0 heterocycles. The molecule has 0 radical (unpaired) electrons. The molecule has 0 aliphatic heterocycles. The van der Waals surface area contributed by atoms with Gasteiger partial charge in [-0.25, -0.2) is 0 Å². The molecule has 0 spiro atoms. The van der Waals surface area contributed by atoms with Crippen molar-refractivity contribution < 1.29 is 4.79 Å². The van der Waals surface area contributed by atoms with Crippen molar-refractivity contribution in [2.24, 2.45) is 0 Å². The molecule has 1 aromatic carbocycles. The van der Waals surface area contributed by atoms with E-state index in [-0.39, 0.29) is 0 Å². The molecule has 1 aromatic rings. The monoisotopic (exact) mass is 201 g/mol. The van der Waals surface area contributed by atoms with E-state index in [4.69, 9.17) is 0 Å². The van der Waals surface area contributed by atoms with E-state index in [2.05, 4.69) is 35.7 Å². The fraction of sp³-hybridized carbons (Fsp3) is 0.308. The molecule has 0 saturated heterocycles. The Morgan fingerprint density at radius 3 is 2.67 bits per heavy atom. The summed E-state index contributed by atoms with van der Waals surface area (Å²) in [6.07, 6.45) is 6.01. The van der Waals surface area contributed by atoms with Crippen molar-refractivity contribution in [2.45, 2.75) is 25.2 Å². The SMILES string of the molecule is O=CNC1=CCC(c2ccccc2)CC1. The summed E-state index contributed by atoms with van der Waals surface area (Å²) in [6.45, 7) is 0. The van der Waals surface area contributed by atoms with Crippen LogP contribution in [0, 0.1) is 0 Å². The first-order chi connectivity index (χ1) is 7.40. The van der Waals surface area contributed by atoms with Gasteiger partial charge in [0.05, 0.1) is 0 Å². The van der Waals surface area contributed by atoms with Crippen LogP contribution in [0.1, 0.15) is 30.7 Å². The zero-order valence-electron chi connectivity index (χ0n) is 8.65. The molecule has 1 unspecified atom stereocenters. The number of rotatable bonds is 3. The molecular weight excluding hydrogens is 186 g/mol. The highest BCUT2D eigenvalue weighted by Gasteiger charge is 2.15. The molecule has 0 fully saturated rings. The summed E-state index contributed by atoms with van der Waals surface area (Å²) in [6, 6.07) is 10.6. The molecule has 2 nitrogen and oxygen atoms in total. The topological polar surface area (TPSA) is 29.1 Å². The van der Waals surface area contributed by atoms with E-state index in [0.717, 1.165) is 31.4 Å². The number of carbonyl (C=O) groups is 1. The highest BCUT2D eigenvalue weighted by atomic mass is 16.1. The second-order valence-electron chi connectivity index (χ2n) is 3.87. The van der Waals surface area contributed by atoms with E-state index in [1.165, 1.54) is 5.56 Å². The predicted octanol–water partition coefficient (Wildman–Crippen LogP) is 2.58. The van der Waals surface area contributed by atoms with E-state index in [0.29, 0.717) is 5.92 Å². The number of amides is 1. The Hall–Kier alpha value is -1.57. The van der Waals surface area contributed by atoms with E-state index in [1.54, 1.807) is 0 Å². The predicted molar refractivity (Wildman–Crippen MR) is 60.3 cm³/mol. The lowest BCUT2D eigenvalue weighted by Gasteiger charge is -2.21. The maximum absolute atomic E-state index is 10.3. The summed E-state index contributed by atoms with van der Waals surface area (Å²) in [7, 11) is 0. The third-order valence-corrected chi connectivity index (χ3v) is 2.93. The number of allylic oxidation sites excluding steroid dienone is 2. The van der Waals surface area contributed by atoms with Crippen LogP contribution in [0.2, 0.25) is 0 Å². The van der Waals surface area contributed by atoms with Crippen LogP contribution < -0.4 is 5.32 Å². The fourth-order valence-electron chi connectivity index (χ4n) is 2.07. The summed E-state index contributed by atoms with van der Waals surface area (Å²) in [5.74, 6) is 0.614. The second-order valence-corrected chi connectivity index (χ2v) is 3.87. The largest absolute Gasteiger partial charge is 0.333 e. The van der Waals surface area contributed by atoms with Gasteiger partial charge in [0.25, 0.3) is 0 Å². The van der Waals surface area contributed by atoms with Crippen LogP contribution in [0.3, 0.4) is 0 Å². The van der Waals surface area contributed by atoms with Crippen molar-refractivity contribution in [1.82, 2.24) is 5.32 Å². The average molecular weight is 201 g/mol. The minimum atomic E-state index is 0.614. The Kier molecular flexibility index (Phi) is 3.18. The second kappa shape index (κ2) is 4.78. The third-order valence-electron chi connectivity index (χ3n) is 2.93. The first-order valence-corrected chi connectivity index (χ1v) is 5.34. The van der Waals surface area contributed by atoms with Crippen LogP contribution >= 0.6 is 0 Å². The minimum absolute atomic E-state index is 0.614. The van der Waals surface area contributed by atoms with Gasteiger partial charge in [0.15, 0.2) is 0 Å². The molecule has 2 heteroatoms. The van der Waals surface area contributed by atoms with E-state index in [1.807, 2.05) is 6.07 Å². The van der Waals surface area contributed by atoms with Crippen LogP contribution in [-0.4, -0.2) is 6.41 Å². The molecule has 78 valence electrons. The quantitative estimate of drug-likeness (QED) is 0.748. The maximum Gasteiger partial charge on any atom is 0.211 e. The molecule has 1 amide bonds. The van der Waals surface area contributed by atoms with Gasteiger partial charge in [-0.15, -0.1) is 0 Å². The van der Waals surface area contributed by atoms with Crippen molar-refractivity contribution in [3.8, 4) is 0 Å². The fourth-order valence-corrected chi connectivity index (χ4v) is 2.07. The van der Waals surface area contributed by atoms with Gasteiger partial charge in [0.2, 0.25) is 6.41 Å². The van der Waals surface area contributed by atoms with Gasteiger partial charge in [-0.1, -0.05) is 36.4 Å². The van der Waals surface area contributed by atoms with Crippen molar-refractivity contribution >= 4 is 6.41 Å². The number of carbonyl (C=O) groups excluding carboxylic acids is 1. The van der Waals surface area contributed by atoms with Gasteiger partial charge in [-0.3, -0.25) is 4.79 Å². The number of hydrogen-bond donors (Lipinski definition) is 1. The normalized spacial score (nSPS) is 20.5. The van der Waals surface area contributed by atoms with E-state index in [9.17, 15) is 4.79 Å². The molecular formula is C13H15NO. The molecule has 15 heavy (non-hydrogen) atoms. The molecule has 0 saturated carbocycles. The zero-order valence-corrected chi connectivity index (χ0v) is 8.65. The zero-order chi connectivity index (χ0) is 10.5. The first kappa shape index (κ1) is 9.97. The number of nitrogens with one attached hydrogen (secondary N) is 1. The average Bonchev–Trinajstić information content (AvgIpc) is 2.32. The molecule has 1 aliphatic carbocycles. The first-order valence-electron chi connectivity index (χ1n) is 5.34. The molecule has 0 aromatic heterocycles. The number of hydrogen-bond acceptors (Lipinski definition) is 1. The Morgan fingerprint density at radius 1 is 1.27 bits per heavy atom. The summed E-state index contributed by atoms with van der Waals surface area (Å²) in [4.78, 5) is 10.3. The van der Waals surface area contributed by atoms with Crippen LogP contribution in [0.15, 0.2) is 42.1 Å². The Labute approximate surface area is 90.0 Å².